The van der Waals surface area contributed by atoms with Gasteiger partial charge in [0.25, 0.3) is 0 Å². The molecule has 0 aliphatic carbocycles. The fourth-order valence-electron chi connectivity index (χ4n) is 2.55. The van der Waals surface area contributed by atoms with Gasteiger partial charge in [-0.15, -0.1) is 0 Å². The number of rotatable bonds is 7. The Morgan fingerprint density at radius 2 is 1.96 bits per heavy atom. The summed E-state index contributed by atoms with van der Waals surface area (Å²) in [4.78, 5) is 12.0. The molecule has 5 nitrogen and oxygen atoms in total. The van der Waals surface area contributed by atoms with E-state index >= 15 is 0 Å². The van der Waals surface area contributed by atoms with E-state index in [1.54, 1.807) is 7.11 Å². The average Bonchev–Trinajstić information content (AvgIpc) is 2.50. The van der Waals surface area contributed by atoms with Gasteiger partial charge >= 0.3 is 6.03 Å². The molecule has 130 valence electrons. The number of nitrogens with one attached hydrogen (secondary N) is 2. The van der Waals surface area contributed by atoms with Gasteiger partial charge in [-0.05, 0) is 24.5 Å². The number of aliphatic hydroxyl groups is 1. The molecule has 23 heavy (non-hydrogen) atoms. The van der Waals surface area contributed by atoms with E-state index in [4.69, 9.17) is 4.74 Å². The van der Waals surface area contributed by atoms with Gasteiger partial charge in [0.2, 0.25) is 0 Å². The Balaban J connectivity index is 2.52. The molecule has 0 aliphatic rings. The van der Waals surface area contributed by atoms with E-state index in [0.29, 0.717) is 13.1 Å². The number of aryl methyl sites for hydroxylation is 1. The van der Waals surface area contributed by atoms with Crippen LogP contribution < -0.4 is 15.4 Å². The number of methoxy groups -OCH3 is 1. The smallest absolute Gasteiger partial charge is 0.315 e. The van der Waals surface area contributed by atoms with Crippen LogP contribution in [0.15, 0.2) is 18.2 Å². The van der Waals surface area contributed by atoms with Crippen LogP contribution in [-0.2, 0) is 6.54 Å². The number of ether oxygens (including phenoxy) is 1. The monoisotopic (exact) mass is 322 g/mol. The maximum atomic E-state index is 12.0. The van der Waals surface area contributed by atoms with E-state index < -0.39 is 6.10 Å². The number of carbonyl (C=O) groups excluding carboxylic acids is 1. The molecular weight excluding hydrogens is 292 g/mol. The van der Waals surface area contributed by atoms with Crippen molar-refractivity contribution in [1.29, 1.82) is 0 Å². The first-order valence-electron chi connectivity index (χ1n) is 8.00. The minimum absolute atomic E-state index is 0.145. The Labute approximate surface area is 139 Å². The molecule has 0 saturated heterocycles. The lowest BCUT2D eigenvalue weighted by molar-refractivity contribution is 0.0151. The second kappa shape index (κ2) is 8.20. The first kappa shape index (κ1) is 19.3. The Kier molecular flexibility index (Phi) is 6.88. The summed E-state index contributed by atoms with van der Waals surface area (Å²) in [6.45, 7) is 10.6. The van der Waals surface area contributed by atoms with Crippen LogP contribution in [0, 0.1) is 18.3 Å². The van der Waals surface area contributed by atoms with Gasteiger partial charge in [0.15, 0.2) is 0 Å². The number of carbonyl (C=O) groups is 1. The summed E-state index contributed by atoms with van der Waals surface area (Å²) >= 11 is 0. The third-order valence-electron chi connectivity index (χ3n) is 4.02. The van der Waals surface area contributed by atoms with Crippen LogP contribution in [0.3, 0.4) is 0 Å². The Morgan fingerprint density at radius 3 is 2.52 bits per heavy atom. The van der Waals surface area contributed by atoms with Crippen molar-refractivity contribution in [2.75, 3.05) is 13.7 Å². The molecule has 5 heteroatoms. The molecule has 1 aromatic rings. The molecule has 1 atom stereocenters. The number of hydrogen-bond acceptors (Lipinski definition) is 3. The molecule has 2 amide bonds. The van der Waals surface area contributed by atoms with Gasteiger partial charge in [-0.2, -0.15) is 0 Å². The molecule has 0 spiro atoms. The lowest BCUT2D eigenvalue weighted by atomic mass is 9.81. The first-order chi connectivity index (χ1) is 10.7. The van der Waals surface area contributed by atoms with Gasteiger partial charge in [-0.3, -0.25) is 0 Å². The molecule has 0 saturated carbocycles. The highest BCUT2D eigenvalue weighted by molar-refractivity contribution is 5.74. The van der Waals surface area contributed by atoms with Crippen molar-refractivity contribution < 1.29 is 14.6 Å². The normalized spacial score (nSPS) is 12.9. The molecule has 0 aromatic heterocycles. The lowest BCUT2D eigenvalue weighted by Crippen LogP contribution is -2.46. The van der Waals surface area contributed by atoms with Crippen LogP contribution in [0.4, 0.5) is 4.79 Å². The third-order valence-corrected chi connectivity index (χ3v) is 4.02. The van der Waals surface area contributed by atoms with Crippen molar-refractivity contribution in [3.05, 3.63) is 29.3 Å². The van der Waals surface area contributed by atoms with Crippen LogP contribution in [0.25, 0.3) is 0 Å². The summed E-state index contributed by atoms with van der Waals surface area (Å²) in [6, 6.07) is 5.62. The second-order valence-electron chi connectivity index (χ2n) is 7.03. The summed E-state index contributed by atoms with van der Waals surface area (Å²) in [6.07, 6.45) is -0.472. The van der Waals surface area contributed by atoms with Gasteiger partial charge in [-0.25, -0.2) is 4.79 Å². The van der Waals surface area contributed by atoms with Crippen LogP contribution in [-0.4, -0.2) is 30.9 Å². The van der Waals surface area contributed by atoms with Gasteiger partial charge in [0, 0.05) is 24.1 Å². The summed E-state index contributed by atoms with van der Waals surface area (Å²) in [5.41, 5.74) is 1.65. The predicted molar refractivity (Wildman–Crippen MR) is 92.6 cm³/mol. The average molecular weight is 322 g/mol. The highest BCUT2D eigenvalue weighted by Crippen LogP contribution is 2.25. The molecule has 3 N–H and O–H groups in total. The Bertz CT molecular complexity index is 527. The fourth-order valence-corrected chi connectivity index (χ4v) is 2.55. The van der Waals surface area contributed by atoms with Gasteiger partial charge in [0.1, 0.15) is 5.75 Å². The van der Waals surface area contributed by atoms with Crippen LogP contribution in [0.2, 0.25) is 0 Å². The largest absolute Gasteiger partial charge is 0.496 e. The van der Waals surface area contributed by atoms with Crippen molar-refractivity contribution in [2.24, 2.45) is 11.3 Å². The first-order valence-corrected chi connectivity index (χ1v) is 8.00. The van der Waals surface area contributed by atoms with Crippen molar-refractivity contribution in [2.45, 2.75) is 47.3 Å². The zero-order valence-electron chi connectivity index (χ0n) is 15.1. The SMILES string of the molecule is COc1cc(C)ccc1CNC(=O)NCC(C)(C)C(O)C(C)C. The summed E-state index contributed by atoms with van der Waals surface area (Å²) in [5, 5.41) is 15.8. The third kappa shape index (κ3) is 5.75. The fraction of sp³-hybridized carbons (Fsp3) is 0.611. The summed E-state index contributed by atoms with van der Waals surface area (Å²) < 4.78 is 5.33. The predicted octanol–water partition coefficient (Wildman–Crippen LogP) is 2.85. The molecular formula is C18H30N2O3. The van der Waals surface area contributed by atoms with Gasteiger partial charge < -0.3 is 20.5 Å². The number of urea groups is 1. The number of aliphatic hydroxyl groups excluding tert-OH is 1. The van der Waals surface area contributed by atoms with Crippen molar-refractivity contribution in [3.63, 3.8) is 0 Å². The molecule has 1 rings (SSSR count). The lowest BCUT2D eigenvalue weighted by Gasteiger charge is -2.33. The van der Waals surface area contributed by atoms with E-state index in [9.17, 15) is 9.90 Å². The van der Waals surface area contributed by atoms with Crippen molar-refractivity contribution >= 4 is 6.03 Å². The van der Waals surface area contributed by atoms with Crippen LogP contribution in [0.5, 0.6) is 5.75 Å². The molecule has 0 aliphatic heterocycles. The molecule has 0 heterocycles. The summed E-state index contributed by atoms with van der Waals surface area (Å²) in [7, 11) is 1.62. The van der Waals surface area contributed by atoms with Crippen molar-refractivity contribution in [3.8, 4) is 5.75 Å². The van der Waals surface area contributed by atoms with Gasteiger partial charge in [0.05, 0.1) is 13.2 Å². The Morgan fingerprint density at radius 1 is 1.30 bits per heavy atom. The quantitative estimate of drug-likeness (QED) is 0.723. The summed E-state index contributed by atoms with van der Waals surface area (Å²) in [5.74, 6) is 0.910. The van der Waals surface area contributed by atoms with Gasteiger partial charge in [-0.1, -0.05) is 39.8 Å². The van der Waals surface area contributed by atoms with Crippen LogP contribution in [0.1, 0.15) is 38.8 Å². The van der Waals surface area contributed by atoms with Crippen LogP contribution >= 0.6 is 0 Å². The zero-order chi connectivity index (χ0) is 17.6. The highest BCUT2D eigenvalue weighted by atomic mass is 16.5. The molecule has 1 unspecified atom stereocenters. The Hall–Kier alpha value is -1.75. The number of benzene rings is 1. The van der Waals surface area contributed by atoms with E-state index in [0.717, 1.165) is 16.9 Å². The molecule has 0 fully saturated rings. The molecule has 0 bridgehead atoms. The second-order valence-corrected chi connectivity index (χ2v) is 7.03. The maximum Gasteiger partial charge on any atom is 0.315 e. The van der Waals surface area contributed by atoms with E-state index in [2.05, 4.69) is 10.6 Å². The van der Waals surface area contributed by atoms with E-state index in [1.165, 1.54) is 0 Å². The van der Waals surface area contributed by atoms with E-state index in [1.807, 2.05) is 52.8 Å². The molecule has 1 aromatic carbocycles. The molecule has 0 radical (unpaired) electrons. The van der Waals surface area contributed by atoms with E-state index in [-0.39, 0.29) is 17.4 Å². The number of amides is 2. The van der Waals surface area contributed by atoms with Crippen molar-refractivity contribution in [1.82, 2.24) is 10.6 Å². The standard InChI is InChI=1S/C18H30N2O3/c1-12(2)16(21)18(4,5)11-20-17(22)19-10-14-8-7-13(3)9-15(14)23-6/h7-9,12,16,21H,10-11H2,1-6H3,(H2,19,20,22). The topological polar surface area (TPSA) is 70.6 Å². The minimum Gasteiger partial charge on any atom is -0.496 e. The maximum absolute atomic E-state index is 12.0. The zero-order valence-corrected chi connectivity index (χ0v) is 15.1. The highest BCUT2D eigenvalue weighted by Gasteiger charge is 2.30. The number of hydrogen-bond donors (Lipinski definition) is 3. The minimum atomic E-state index is -0.472.